The summed E-state index contributed by atoms with van der Waals surface area (Å²) in [5.74, 6) is 0. The highest BCUT2D eigenvalue weighted by molar-refractivity contribution is 5.74. The topological polar surface area (TPSA) is 40.2 Å². The van der Waals surface area contributed by atoms with E-state index in [9.17, 15) is 0 Å². The van der Waals surface area contributed by atoms with Crippen molar-refractivity contribution in [2.45, 2.75) is 0 Å². The molecule has 0 fully saturated rings. The van der Waals surface area contributed by atoms with E-state index < -0.39 is 0 Å². The van der Waals surface area contributed by atoms with Crippen LogP contribution in [0.3, 0.4) is 0 Å². The van der Waals surface area contributed by atoms with Crippen LogP contribution in [0.4, 0.5) is 17.1 Å². The Balaban J connectivity index is 2.29. The molecule has 0 saturated heterocycles. The van der Waals surface area contributed by atoms with Gasteiger partial charge in [0.15, 0.2) is 4.98 Å². The van der Waals surface area contributed by atoms with Gasteiger partial charge in [-0.15, -0.1) is 0 Å². The van der Waals surface area contributed by atoms with Gasteiger partial charge < -0.3 is 5.32 Å². The average molecular weight is 196 g/mol. The van der Waals surface area contributed by atoms with Crippen molar-refractivity contribution in [2.24, 2.45) is 0 Å². The number of para-hydroxylation sites is 2. The molecule has 3 nitrogen and oxygen atoms in total. The van der Waals surface area contributed by atoms with Crippen LogP contribution in [-0.2, 0) is 0 Å². The molecule has 72 valence electrons. The second-order valence-corrected chi connectivity index (χ2v) is 3.11. The molecule has 0 spiro atoms. The summed E-state index contributed by atoms with van der Waals surface area (Å²) in [5, 5.41) is 12.0. The van der Waals surface area contributed by atoms with Gasteiger partial charge in [-0.1, -0.05) is 30.3 Å². The SMILES string of the molecule is N#[N+]c1ccccc1Nc1ccccc1. The predicted molar refractivity (Wildman–Crippen MR) is 60.9 cm³/mol. The summed E-state index contributed by atoms with van der Waals surface area (Å²) < 4.78 is 0. The van der Waals surface area contributed by atoms with Gasteiger partial charge in [0, 0.05) is 11.8 Å². The summed E-state index contributed by atoms with van der Waals surface area (Å²) in [6, 6.07) is 17.1. The maximum atomic E-state index is 8.78. The van der Waals surface area contributed by atoms with Crippen LogP contribution in [0.25, 0.3) is 4.98 Å². The van der Waals surface area contributed by atoms with E-state index in [1.165, 1.54) is 0 Å². The summed E-state index contributed by atoms with van der Waals surface area (Å²) in [7, 11) is 0. The zero-order chi connectivity index (χ0) is 10.5. The second kappa shape index (κ2) is 4.25. The molecule has 0 aliphatic heterocycles. The molecule has 0 aliphatic carbocycles. The Labute approximate surface area is 88.0 Å². The Bertz CT molecular complexity index is 486. The summed E-state index contributed by atoms with van der Waals surface area (Å²) in [4.78, 5) is 3.20. The lowest BCUT2D eigenvalue weighted by Crippen LogP contribution is -1.88. The molecule has 2 aromatic rings. The van der Waals surface area contributed by atoms with Crippen LogP contribution in [0.15, 0.2) is 54.6 Å². The highest BCUT2D eigenvalue weighted by Crippen LogP contribution is 2.27. The molecule has 0 aliphatic rings. The molecule has 0 saturated carbocycles. The van der Waals surface area contributed by atoms with Crippen molar-refractivity contribution in [3.05, 3.63) is 59.6 Å². The first kappa shape index (κ1) is 9.22. The van der Waals surface area contributed by atoms with Gasteiger partial charge in [0.2, 0.25) is 5.39 Å². The van der Waals surface area contributed by atoms with Crippen molar-refractivity contribution in [1.82, 2.24) is 0 Å². The number of diazo groups is 1. The fourth-order valence-electron chi connectivity index (χ4n) is 1.34. The molecule has 0 amide bonds. The molecule has 0 bridgehead atoms. The Morgan fingerprint density at radius 1 is 0.867 bits per heavy atom. The largest absolute Gasteiger partial charge is 0.408 e. The van der Waals surface area contributed by atoms with Gasteiger partial charge in [0.1, 0.15) is 5.69 Å². The molecule has 2 aromatic carbocycles. The monoisotopic (exact) mass is 196 g/mol. The first-order valence-electron chi connectivity index (χ1n) is 4.66. The van der Waals surface area contributed by atoms with Gasteiger partial charge in [-0.05, 0) is 18.2 Å². The van der Waals surface area contributed by atoms with E-state index in [-0.39, 0.29) is 0 Å². The minimum absolute atomic E-state index is 0.529. The Morgan fingerprint density at radius 2 is 1.53 bits per heavy atom. The maximum absolute atomic E-state index is 8.78. The number of nitrogens with zero attached hydrogens (tertiary/aromatic N) is 2. The van der Waals surface area contributed by atoms with Gasteiger partial charge in [0.25, 0.3) is 0 Å². The third kappa shape index (κ3) is 2.12. The molecule has 0 radical (unpaired) electrons. The Hall–Kier alpha value is -2.34. The van der Waals surface area contributed by atoms with E-state index in [1.807, 2.05) is 48.5 Å². The summed E-state index contributed by atoms with van der Waals surface area (Å²) in [6.07, 6.45) is 0. The highest BCUT2D eigenvalue weighted by atomic mass is 14.9. The lowest BCUT2D eigenvalue weighted by Gasteiger charge is -2.02. The molecular formula is C12H10N3+. The van der Waals surface area contributed by atoms with Crippen molar-refractivity contribution < 1.29 is 0 Å². The number of hydrogen-bond acceptors (Lipinski definition) is 2. The Kier molecular flexibility index (Phi) is 2.61. The Morgan fingerprint density at radius 3 is 2.27 bits per heavy atom. The van der Waals surface area contributed by atoms with Crippen molar-refractivity contribution in [3.63, 3.8) is 0 Å². The van der Waals surface area contributed by atoms with Gasteiger partial charge in [-0.2, -0.15) is 0 Å². The quantitative estimate of drug-likeness (QED) is 0.739. The van der Waals surface area contributed by atoms with Crippen molar-refractivity contribution >= 4 is 17.1 Å². The lowest BCUT2D eigenvalue weighted by molar-refractivity contribution is 1.45. The van der Waals surface area contributed by atoms with E-state index in [0.717, 1.165) is 11.4 Å². The van der Waals surface area contributed by atoms with Crippen LogP contribution in [0.5, 0.6) is 0 Å². The smallest absolute Gasteiger partial charge is 0.349 e. The van der Waals surface area contributed by atoms with Gasteiger partial charge in [-0.3, -0.25) is 0 Å². The van der Waals surface area contributed by atoms with E-state index in [4.69, 9.17) is 5.39 Å². The van der Waals surface area contributed by atoms with Crippen LogP contribution in [-0.4, -0.2) is 0 Å². The molecule has 0 unspecified atom stereocenters. The van der Waals surface area contributed by atoms with E-state index in [1.54, 1.807) is 6.07 Å². The third-order valence-electron chi connectivity index (χ3n) is 2.06. The maximum Gasteiger partial charge on any atom is 0.408 e. The van der Waals surface area contributed by atoms with E-state index >= 15 is 0 Å². The van der Waals surface area contributed by atoms with Gasteiger partial charge >= 0.3 is 5.69 Å². The molecule has 15 heavy (non-hydrogen) atoms. The first-order valence-corrected chi connectivity index (χ1v) is 4.66. The van der Waals surface area contributed by atoms with Crippen LogP contribution < -0.4 is 5.32 Å². The fraction of sp³-hybridized carbons (Fsp3) is 0. The molecule has 0 atom stereocenters. The van der Waals surface area contributed by atoms with Crippen molar-refractivity contribution in [3.8, 4) is 0 Å². The number of benzene rings is 2. The van der Waals surface area contributed by atoms with Crippen LogP contribution in [0, 0.1) is 5.39 Å². The van der Waals surface area contributed by atoms with Crippen LogP contribution in [0.2, 0.25) is 0 Å². The zero-order valence-corrected chi connectivity index (χ0v) is 8.09. The zero-order valence-electron chi connectivity index (χ0n) is 8.09. The highest BCUT2D eigenvalue weighted by Gasteiger charge is 2.11. The first-order chi connectivity index (χ1) is 7.40. The van der Waals surface area contributed by atoms with Gasteiger partial charge in [0.05, 0.1) is 0 Å². The molecule has 2 rings (SSSR count). The van der Waals surface area contributed by atoms with Crippen LogP contribution in [0.1, 0.15) is 0 Å². The summed E-state index contributed by atoms with van der Waals surface area (Å²) >= 11 is 0. The average Bonchev–Trinajstić information content (AvgIpc) is 2.31. The molecule has 1 N–H and O–H groups in total. The third-order valence-corrected chi connectivity index (χ3v) is 2.06. The lowest BCUT2D eigenvalue weighted by atomic mass is 10.2. The van der Waals surface area contributed by atoms with Gasteiger partial charge in [-0.25, -0.2) is 0 Å². The molecule has 0 heterocycles. The van der Waals surface area contributed by atoms with Crippen molar-refractivity contribution in [1.29, 1.82) is 5.39 Å². The number of rotatable bonds is 2. The minimum atomic E-state index is 0.529. The number of nitrogens with one attached hydrogen (secondary N) is 1. The van der Waals surface area contributed by atoms with Crippen LogP contribution >= 0.6 is 0 Å². The fourth-order valence-corrected chi connectivity index (χ4v) is 1.34. The predicted octanol–water partition coefficient (Wildman–Crippen LogP) is 3.91. The summed E-state index contributed by atoms with van der Waals surface area (Å²) in [6.45, 7) is 0. The molecular weight excluding hydrogens is 186 g/mol. The normalized spacial score (nSPS) is 9.27. The van der Waals surface area contributed by atoms with Crippen molar-refractivity contribution in [2.75, 3.05) is 5.32 Å². The minimum Gasteiger partial charge on any atom is -0.349 e. The number of hydrogen-bond donors (Lipinski definition) is 1. The molecule has 0 aromatic heterocycles. The molecule has 3 heteroatoms. The van der Waals surface area contributed by atoms with E-state index in [0.29, 0.717) is 5.69 Å². The summed E-state index contributed by atoms with van der Waals surface area (Å²) in [5.41, 5.74) is 2.28. The number of anilines is 2. The second-order valence-electron chi connectivity index (χ2n) is 3.11. The standard InChI is InChI=1S/C12H10N3/c13-15-12-9-5-4-8-11(12)14-10-6-2-1-3-7-10/h1-9,14H/q+1. The van der Waals surface area contributed by atoms with E-state index in [2.05, 4.69) is 10.3 Å².